The number of benzene rings is 1. The van der Waals surface area contributed by atoms with E-state index in [1.54, 1.807) is 19.1 Å². The lowest BCUT2D eigenvalue weighted by Crippen LogP contribution is -2.38. The van der Waals surface area contributed by atoms with Crippen molar-refractivity contribution in [3.05, 3.63) is 34.9 Å². The summed E-state index contributed by atoms with van der Waals surface area (Å²) in [5, 5.41) is 9.02. The van der Waals surface area contributed by atoms with Gasteiger partial charge in [0.1, 0.15) is 0 Å². The molecule has 90 valence electrons. The van der Waals surface area contributed by atoms with Crippen molar-refractivity contribution in [1.29, 1.82) is 0 Å². The van der Waals surface area contributed by atoms with Crippen LogP contribution in [0.4, 0.5) is 13.2 Å². The predicted octanol–water partition coefficient (Wildman–Crippen LogP) is 2.23. The SMILES string of the molecule is Cc1ccc([C@@H](N)[C@@H](O)C(F)(F)F)cc1C. The van der Waals surface area contributed by atoms with E-state index >= 15 is 0 Å². The Bertz CT molecular complexity index is 376. The van der Waals surface area contributed by atoms with E-state index in [-0.39, 0.29) is 5.56 Å². The van der Waals surface area contributed by atoms with Crippen LogP contribution in [0.15, 0.2) is 18.2 Å². The van der Waals surface area contributed by atoms with Gasteiger partial charge < -0.3 is 10.8 Å². The van der Waals surface area contributed by atoms with Gasteiger partial charge in [0.15, 0.2) is 6.10 Å². The van der Waals surface area contributed by atoms with Gasteiger partial charge in [-0.3, -0.25) is 0 Å². The first-order valence-corrected chi connectivity index (χ1v) is 4.81. The Balaban J connectivity index is 2.97. The third kappa shape index (κ3) is 2.74. The van der Waals surface area contributed by atoms with Crippen molar-refractivity contribution in [2.24, 2.45) is 5.73 Å². The van der Waals surface area contributed by atoms with E-state index in [1.165, 1.54) is 6.07 Å². The van der Waals surface area contributed by atoms with Gasteiger partial charge in [0.05, 0.1) is 6.04 Å². The Morgan fingerprint density at radius 2 is 1.75 bits per heavy atom. The van der Waals surface area contributed by atoms with Gasteiger partial charge in [-0.25, -0.2) is 0 Å². The highest BCUT2D eigenvalue weighted by molar-refractivity contribution is 5.32. The third-order valence-corrected chi connectivity index (χ3v) is 2.59. The molecule has 16 heavy (non-hydrogen) atoms. The molecule has 3 N–H and O–H groups in total. The summed E-state index contributed by atoms with van der Waals surface area (Å²) in [7, 11) is 0. The Kier molecular flexibility index (Phi) is 3.60. The average Bonchev–Trinajstić information content (AvgIpc) is 2.18. The normalized spacial score (nSPS) is 15.9. The van der Waals surface area contributed by atoms with Crippen LogP contribution in [0.2, 0.25) is 0 Å². The molecule has 0 aliphatic rings. The molecule has 0 aliphatic carbocycles. The van der Waals surface area contributed by atoms with Crippen LogP contribution < -0.4 is 5.73 Å². The molecule has 1 aromatic rings. The second kappa shape index (κ2) is 4.43. The molecule has 0 amide bonds. The van der Waals surface area contributed by atoms with Crippen LogP contribution in [0, 0.1) is 13.8 Å². The lowest BCUT2D eigenvalue weighted by Gasteiger charge is -2.22. The molecule has 0 fully saturated rings. The van der Waals surface area contributed by atoms with Crippen LogP contribution in [0.5, 0.6) is 0 Å². The number of hydrogen-bond acceptors (Lipinski definition) is 2. The van der Waals surface area contributed by atoms with Gasteiger partial charge >= 0.3 is 6.18 Å². The van der Waals surface area contributed by atoms with E-state index < -0.39 is 18.3 Å². The predicted molar refractivity (Wildman–Crippen MR) is 54.9 cm³/mol. The minimum atomic E-state index is -4.70. The highest BCUT2D eigenvalue weighted by atomic mass is 19.4. The fourth-order valence-corrected chi connectivity index (χ4v) is 1.36. The molecule has 1 rings (SSSR count). The summed E-state index contributed by atoms with van der Waals surface area (Å²) in [5.74, 6) is 0. The largest absolute Gasteiger partial charge is 0.416 e. The van der Waals surface area contributed by atoms with Gasteiger partial charge in [-0.05, 0) is 30.5 Å². The average molecular weight is 233 g/mol. The van der Waals surface area contributed by atoms with E-state index in [4.69, 9.17) is 10.8 Å². The van der Waals surface area contributed by atoms with Gasteiger partial charge in [0, 0.05) is 0 Å². The number of halogens is 3. The van der Waals surface area contributed by atoms with Crippen LogP contribution in [0.25, 0.3) is 0 Å². The van der Waals surface area contributed by atoms with Crippen molar-refractivity contribution in [2.45, 2.75) is 32.2 Å². The van der Waals surface area contributed by atoms with Crippen LogP contribution in [-0.4, -0.2) is 17.4 Å². The number of aryl methyl sites for hydroxylation is 2. The summed E-state index contributed by atoms with van der Waals surface area (Å²) in [6.07, 6.45) is -7.23. The second-order valence-electron chi connectivity index (χ2n) is 3.86. The fraction of sp³-hybridized carbons (Fsp3) is 0.455. The molecule has 5 heteroatoms. The summed E-state index contributed by atoms with van der Waals surface area (Å²) in [6.45, 7) is 3.64. The first-order valence-electron chi connectivity index (χ1n) is 4.81. The Morgan fingerprint density at radius 1 is 1.19 bits per heavy atom. The van der Waals surface area contributed by atoms with Crippen molar-refractivity contribution < 1.29 is 18.3 Å². The molecule has 0 spiro atoms. The molecule has 0 aromatic heterocycles. The number of alkyl halides is 3. The lowest BCUT2D eigenvalue weighted by molar-refractivity contribution is -0.210. The van der Waals surface area contributed by atoms with Crippen LogP contribution in [-0.2, 0) is 0 Å². The standard InChI is InChI=1S/C11H14F3NO/c1-6-3-4-8(5-7(6)2)9(15)10(16)11(12,13)14/h3-5,9-10,16H,15H2,1-2H3/t9-,10-/m1/s1. The molecular formula is C11H14F3NO. The molecule has 0 radical (unpaired) electrons. The smallest absolute Gasteiger partial charge is 0.382 e. The molecule has 0 aliphatic heterocycles. The van der Waals surface area contributed by atoms with E-state index in [2.05, 4.69) is 0 Å². The third-order valence-electron chi connectivity index (χ3n) is 2.59. The van der Waals surface area contributed by atoms with Gasteiger partial charge in [-0.2, -0.15) is 13.2 Å². The minimum Gasteiger partial charge on any atom is -0.382 e. The molecule has 0 saturated heterocycles. The molecule has 1 aromatic carbocycles. The molecule has 0 heterocycles. The fourth-order valence-electron chi connectivity index (χ4n) is 1.36. The quantitative estimate of drug-likeness (QED) is 0.822. The van der Waals surface area contributed by atoms with E-state index in [0.717, 1.165) is 11.1 Å². The molecule has 2 atom stereocenters. The summed E-state index contributed by atoms with van der Waals surface area (Å²) in [4.78, 5) is 0. The molecule has 0 unspecified atom stereocenters. The summed E-state index contributed by atoms with van der Waals surface area (Å²) >= 11 is 0. The topological polar surface area (TPSA) is 46.2 Å². The molecule has 2 nitrogen and oxygen atoms in total. The zero-order valence-corrected chi connectivity index (χ0v) is 9.05. The molecule has 0 saturated carbocycles. The first kappa shape index (κ1) is 13.0. The van der Waals surface area contributed by atoms with Crippen LogP contribution >= 0.6 is 0 Å². The highest BCUT2D eigenvalue weighted by Gasteiger charge is 2.42. The molecular weight excluding hydrogens is 219 g/mol. The van der Waals surface area contributed by atoms with Gasteiger partial charge in [-0.1, -0.05) is 18.2 Å². The summed E-state index contributed by atoms with van der Waals surface area (Å²) < 4.78 is 36.7. The zero-order chi connectivity index (χ0) is 12.5. The number of aliphatic hydroxyl groups is 1. The zero-order valence-electron chi connectivity index (χ0n) is 9.05. The number of rotatable bonds is 2. The Labute approximate surface area is 91.9 Å². The maximum Gasteiger partial charge on any atom is 0.416 e. The van der Waals surface area contributed by atoms with Gasteiger partial charge in [0.2, 0.25) is 0 Å². The maximum atomic E-state index is 12.2. The van der Waals surface area contributed by atoms with E-state index in [1.807, 2.05) is 6.92 Å². The highest BCUT2D eigenvalue weighted by Crippen LogP contribution is 2.29. The number of aliphatic hydroxyl groups excluding tert-OH is 1. The van der Waals surface area contributed by atoms with Crippen LogP contribution in [0.1, 0.15) is 22.7 Å². The van der Waals surface area contributed by atoms with E-state index in [0.29, 0.717) is 0 Å². The second-order valence-corrected chi connectivity index (χ2v) is 3.86. The maximum absolute atomic E-state index is 12.2. The van der Waals surface area contributed by atoms with Crippen LogP contribution in [0.3, 0.4) is 0 Å². The summed E-state index contributed by atoms with van der Waals surface area (Å²) in [6, 6.07) is 3.31. The van der Waals surface area contributed by atoms with E-state index in [9.17, 15) is 13.2 Å². The Morgan fingerprint density at radius 3 is 2.19 bits per heavy atom. The van der Waals surface area contributed by atoms with Crippen molar-refractivity contribution >= 4 is 0 Å². The summed E-state index contributed by atoms with van der Waals surface area (Å²) in [5.41, 5.74) is 7.48. The first-order chi connectivity index (χ1) is 7.23. The minimum absolute atomic E-state index is 0.285. The van der Waals surface area contributed by atoms with Crippen molar-refractivity contribution in [3.8, 4) is 0 Å². The van der Waals surface area contributed by atoms with Gasteiger partial charge in [-0.15, -0.1) is 0 Å². The lowest BCUT2D eigenvalue weighted by atomic mass is 9.98. The Hall–Kier alpha value is -1.07. The van der Waals surface area contributed by atoms with Gasteiger partial charge in [0.25, 0.3) is 0 Å². The van der Waals surface area contributed by atoms with Crippen molar-refractivity contribution in [2.75, 3.05) is 0 Å². The monoisotopic (exact) mass is 233 g/mol. The number of nitrogens with two attached hydrogens (primary N) is 1. The number of hydrogen-bond donors (Lipinski definition) is 2. The van der Waals surface area contributed by atoms with Crippen molar-refractivity contribution in [3.63, 3.8) is 0 Å². The van der Waals surface area contributed by atoms with Crippen molar-refractivity contribution in [1.82, 2.24) is 0 Å². The molecule has 0 bridgehead atoms.